The molecule has 0 aliphatic heterocycles. The van der Waals surface area contributed by atoms with Crippen LogP contribution < -0.4 is 19.5 Å². The molecule has 24 heavy (non-hydrogen) atoms. The Balaban J connectivity index is 2.10. The molecule has 0 bridgehead atoms. The first kappa shape index (κ1) is 17.9. The highest BCUT2D eigenvalue weighted by atomic mass is 35.5. The summed E-state index contributed by atoms with van der Waals surface area (Å²) in [4.78, 5) is 12.3. The minimum atomic E-state index is -0.708. The second kappa shape index (κ2) is 7.93. The van der Waals surface area contributed by atoms with Crippen molar-refractivity contribution in [3.63, 3.8) is 0 Å². The fourth-order valence-electron chi connectivity index (χ4n) is 2.07. The van der Waals surface area contributed by atoms with Crippen molar-refractivity contribution in [2.45, 2.75) is 20.0 Å². The van der Waals surface area contributed by atoms with Gasteiger partial charge in [0.2, 0.25) is 0 Å². The molecule has 1 N–H and O–H groups in total. The van der Waals surface area contributed by atoms with Crippen molar-refractivity contribution in [3.8, 4) is 17.2 Å². The van der Waals surface area contributed by atoms with E-state index in [4.69, 9.17) is 25.8 Å². The number of methoxy groups -OCH3 is 2. The Morgan fingerprint density at radius 1 is 1.04 bits per heavy atom. The van der Waals surface area contributed by atoms with E-state index in [0.29, 0.717) is 28.0 Å². The standard InChI is InChI=1S/C18H20ClNO4/c1-11-5-6-13(19)7-17(11)20-18(21)12(2)24-16-9-14(22-3)8-15(10-16)23-4/h5-10,12H,1-4H3,(H,20,21)/t12-/m0/s1. The number of hydrogen-bond donors (Lipinski definition) is 1. The van der Waals surface area contributed by atoms with Gasteiger partial charge in [0.1, 0.15) is 17.2 Å². The number of hydrogen-bond acceptors (Lipinski definition) is 4. The zero-order valence-electron chi connectivity index (χ0n) is 14.1. The van der Waals surface area contributed by atoms with E-state index in [2.05, 4.69) is 5.32 Å². The lowest BCUT2D eigenvalue weighted by molar-refractivity contribution is -0.122. The van der Waals surface area contributed by atoms with Crippen molar-refractivity contribution < 1.29 is 19.0 Å². The molecule has 2 rings (SSSR count). The van der Waals surface area contributed by atoms with Gasteiger partial charge in [-0.1, -0.05) is 17.7 Å². The molecule has 1 atom stereocenters. The third kappa shape index (κ3) is 4.55. The van der Waals surface area contributed by atoms with Crippen molar-refractivity contribution in [1.29, 1.82) is 0 Å². The molecule has 0 aliphatic rings. The fourth-order valence-corrected chi connectivity index (χ4v) is 2.24. The number of ether oxygens (including phenoxy) is 3. The molecule has 0 aliphatic carbocycles. The van der Waals surface area contributed by atoms with Gasteiger partial charge >= 0.3 is 0 Å². The topological polar surface area (TPSA) is 56.8 Å². The Labute approximate surface area is 146 Å². The quantitative estimate of drug-likeness (QED) is 0.854. The third-order valence-electron chi connectivity index (χ3n) is 3.46. The molecule has 0 heterocycles. The molecular weight excluding hydrogens is 330 g/mol. The Kier molecular flexibility index (Phi) is 5.93. The molecule has 128 valence electrons. The molecule has 0 spiro atoms. The van der Waals surface area contributed by atoms with Crippen LogP contribution in [0.5, 0.6) is 17.2 Å². The number of aryl methyl sites for hydroxylation is 1. The van der Waals surface area contributed by atoms with Gasteiger partial charge in [0, 0.05) is 28.9 Å². The van der Waals surface area contributed by atoms with Crippen molar-refractivity contribution in [3.05, 3.63) is 47.0 Å². The van der Waals surface area contributed by atoms with Crippen LogP contribution in [-0.2, 0) is 4.79 Å². The van der Waals surface area contributed by atoms with E-state index in [1.165, 1.54) is 0 Å². The molecular formula is C18H20ClNO4. The van der Waals surface area contributed by atoms with Gasteiger partial charge in [-0.05, 0) is 31.5 Å². The van der Waals surface area contributed by atoms with Gasteiger partial charge in [0.15, 0.2) is 6.10 Å². The fraction of sp³-hybridized carbons (Fsp3) is 0.278. The van der Waals surface area contributed by atoms with Gasteiger partial charge in [-0.3, -0.25) is 4.79 Å². The minimum Gasteiger partial charge on any atom is -0.496 e. The Bertz CT molecular complexity index is 711. The first-order valence-corrected chi connectivity index (χ1v) is 7.77. The predicted octanol–water partition coefficient (Wildman–Crippen LogP) is 4.07. The van der Waals surface area contributed by atoms with E-state index in [1.807, 2.05) is 13.0 Å². The van der Waals surface area contributed by atoms with E-state index in [0.717, 1.165) is 5.56 Å². The van der Waals surface area contributed by atoms with Crippen LogP contribution in [0, 0.1) is 6.92 Å². The molecule has 6 heteroatoms. The van der Waals surface area contributed by atoms with Gasteiger partial charge in [0.05, 0.1) is 14.2 Å². The number of carbonyl (C=O) groups is 1. The summed E-state index contributed by atoms with van der Waals surface area (Å²) in [6.07, 6.45) is -0.708. The van der Waals surface area contributed by atoms with E-state index in [1.54, 1.807) is 51.5 Å². The maximum Gasteiger partial charge on any atom is 0.265 e. The largest absolute Gasteiger partial charge is 0.496 e. The van der Waals surface area contributed by atoms with Crippen molar-refractivity contribution in [1.82, 2.24) is 0 Å². The van der Waals surface area contributed by atoms with Gasteiger partial charge < -0.3 is 19.5 Å². The molecule has 0 unspecified atom stereocenters. The lowest BCUT2D eigenvalue weighted by Gasteiger charge is -2.17. The van der Waals surface area contributed by atoms with E-state index in [9.17, 15) is 4.79 Å². The number of halogens is 1. The highest BCUT2D eigenvalue weighted by Crippen LogP contribution is 2.28. The third-order valence-corrected chi connectivity index (χ3v) is 3.70. The number of amides is 1. The summed E-state index contributed by atoms with van der Waals surface area (Å²) in [5.41, 5.74) is 1.58. The van der Waals surface area contributed by atoms with Crippen molar-refractivity contribution in [2.75, 3.05) is 19.5 Å². The first-order chi connectivity index (χ1) is 11.4. The van der Waals surface area contributed by atoms with Crippen LogP contribution in [0.25, 0.3) is 0 Å². The maximum absolute atomic E-state index is 12.3. The van der Waals surface area contributed by atoms with Gasteiger partial charge in [-0.2, -0.15) is 0 Å². The monoisotopic (exact) mass is 349 g/mol. The SMILES string of the molecule is COc1cc(OC)cc(O[C@@H](C)C(=O)Nc2cc(Cl)ccc2C)c1. The first-order valence-electron chi connectivity index (χ1n) is 7.39. The van der Waals surface area contributed by atoms with Crippen LogP contribution in [-0.4, -0.2) is 26.2 Å². The molecule has 0 saturated heterocycles. The Hall–Kier alpha value is -2.40. The van der Waals surface area contributed by atoms with Gasteiger partial charge in [-0.15, -0.1) is 0 Å². The predicted molar refractivity (Wildman–Crippen MR) is 94.5 cm³/mol. The Morgan fingerprint density at radius 3 is 2.21 bits per heavy atom. The second-order valence-electron chi connectivity index (χ2n) is 5.26. The zero-order valence-corrected chi connectivity index (χ0v) is 14.8. The average molecular weight is 350 g/mol. The van der Waals surface area contributed by atoms with Crippen LogP contribution in [0.2, 0.25) is 5.02 Å². The number of anilines is 1. The summed E-state index contributed by atoms with van der Waals surface area (Å²) in [7, 11) is 3.10. The number of nitrogens with one attached hydrogen (secondary N) is 1. The lowest BCUT2D eigenvalue weighted by atomic mass is 10.2. The van der Waals surface area contributed by atoms with Crippen LogP contribution in [0.15, 0.2) is 36.4 Å². The second-order valence-corrected chi connectivity index (χ2v) is 5.69. The summed E-state index contributed by atoms with van der Waals surface area (Å²) >= 11 is 5.97. The van der Waals surface area contributed by atoms with Crippen LogP contribution in [0.4, 0.5) is 5.69 Å². The zero-order chi connectivity index (χ0) is 17.7. The van der Waals surface area contributed by atoms with Gasteiger partial charge in [-0.25, -0.2) is 0 Å². The molecule has 0 saturated carbocycles. The molecule has 5 nitrogen and oxygen atoms in total. The maximum atomic E-state index is 12.3. The Morgan fingerprint density at radius 2 is 1.62 bits per heavy atom. The van der Waals surface area contributed by atoms with Crippen molar-refractivity contribution >= 4 is 23.2 Å². The van der Waals surface area contributed by atoms with Crippen LogP contribution in [0.3, 0.4) is 0 Å². The van der Waals surface area contributed by atoms with E-state index >= 15 is 0 Å². The minimum absolute atomic E-state index is 0.276. The summed E-state index contributed by atoms with van der Waals surface area (Å²) in [6, 6.07) is 10.4. The molecule has 2 aromatic rings. The molecule has 0 fully saturated rings. The summed E-state index contributed by atoms with van der Waals surface area (Å²) in [5.74, 6) is 1.38. The molecule has 1 amide bonds. The normalized spacial score (nSPS) is 11.5. The smallest absolute Gasteiger partial charge is 0.265 e. The highest BCUT2D eigenvalue weighted by molar-refractivity contribution is 6.31. The van der Waals surface area contributed by atoms with Crippen LogP contribution in [0.1, 0.15) is 12.5 Å². The van der Waals surface area contributed by atoms with Crippen LogP contribution >= 0.6 is 11.6 Å². The summed E-state index contributed by atoms with van der Waals surface area (Å²) < 4.78 is 16.1. The lowest BCUT2D eigenvalue weighted by Crippen LogP contribution is -2.30. The van der Waals surface area contributed by atoms with E-state index in [-0.39, 0.29) is 5.91 Å². The number of rotatable bonds is 6. The summed E-state index contributed by atoms with van der Waals surface area (Å²) in [5, 5.41) is 3.37. The number of benzene rings is 2. The van der Waals surface area contributed by atoms with E-state index < -0.39 is 6.10 Å². The molecule has 0 radical (unpaired) electrons. The molecule has 0 aromatic heterocycles. The molecule has 2 aromatic carbocycles. The summed E-state index contributed by atoms with van der Waals surface area (Å²) in [6.45, 7) is 3.56. The van der Waals surface area contributed by atoms with Crippen molar-refractivity contribution in [2.24, 2.45) is 0 Å². The number of carbonyl (C=O) groups excluding carboxylic acids is 1. The average Bonchev–Trinajstić information content (AvgIpc) is 2.57. The van der Waals surface area contributed by atoms with Gasteiger partial charge in [0.25, 0.3) is 5.91 Å². The highest BCUT2D eigenvalue weighted by Gasteiger charge is 2.17.